The highest BCUT2D eigenvalue weighted by Crippen LogP contribution is 2.24. The van der Waals surface area contributed by atoms with Crippen LogP contribution in [-0.4, -0.2) is 4.99 Å². The topological polar surface area (TPSA) is 38.0 Å². The maximum absolute atomic E-state index is 13.7. The summed E-state index contributed by atoms with van der Waals surface area (Å²) in [5, 5.41) is 3.13. The van der Waals surface area contributed by atoms with Gasteiger partial charge in [-0.2, -0.15) is 0 Å². The third kappa shape index (κ3) is 3.30. The van der Waals surface area contributed by atoms with E-state index in [9.17, 15) is 4.39 Å². The lowest BCUT2D eigenvalue weighted by molar-refractivity contribution is 0.626. The van der Waals surface area contributed by atoms with Crippen molar-refractivity contribution >= 4 is 44.5 Å². The highest BCUT2D eigenvalue weighted by atomic mass is 79.9. The van der Waals surface area contributed by atoms with Crippen LogP contribution in [0.5, 0.6) is 0 Å². The van der Waals surface area contributed by atoms with Crippen molar-refractivity contribution in [3.8, 4) is 0 Å². The molecule has 2 aromatic rings. The molecule has 5 heteroatoms. The second-order valence-electron chi connectivity index (χ2n) is 4.15. The molecule has 0 aliphatic rings. The molecule has 2 rings (SSSR count). The first-order valence-electron chi connectivity index (χ1n) is 5.60. The lowest BCUT2D eigenvalue weighted by atomic mass is 10.1. The Kier molecular flexibility index (Phi) is 4.17. The van der Waals surface area contributed by atoms with Gasteiger partial charge in [0.2, 0.25) is 0 Å². The molecule has 2 nitrogen and oxygen atoms in total. The summed E-state index contributed by atoms with van der Waals surface area (Å²) in [5.74, 6) is -0.425. The number of anilines is 2. The SMILES string of the molecule is Cc1cc(Nc2ccc(C(N)=S)c(F)c2)ccc1Br. The van der Waals surface area contributed by atoms with Crippen molar-refractivity contribution in [2.45, 2.75) is 6.92 Å². The quantitative estimate of drug-likeness (QED) is 0.820. The monoisotopic (exact) mass is 338 g/mol. The number of benzene rings is 2. The summed E-state index contributed by atoms with van der Waals surface area (Å²) in [6, 6.07) is 10.5. The van der Waals surface area contributed by atoms with Gasteiger partial charge in [0.25, 0.3) is 0 Å². The largest absolute Gasteiger partial charge is 0.389 e. The van der Waals surface area contributed by atoms with Gasteiger partial charge in [0.1, 0.15) is 10.8 Å². The molecule has 0 saturated heterocycles. The van der Waals surface area contributed by atoms with Gasteiger partial charge in [0.15, 0.2) is 0 Å². The Balaban J connectivity index is 2.26. The molecule has 98 valence electrons. The van der Waals surface area contributed by atoms with Crippen LogP contribution >= 0.6 is 28.1 Å². The molecule has 0 radical (unpaired) electrons. The third-order valence-electron chi connectivity index (χ3n) is 2.68. The molecular weight excluding hydrogens is 327 g/mol. The van der Waals surface area contributed by atoms with Gasteiger partial charge >= 0.3 is 0 Å². The first-order valence-corrected chi connectivity index (χ1v) is 6.80. The maximum Gasteiger partial charge on any atom is 0.135 e. The zero-order valence-electron chi connectivity index (χ0n) is 10.2. The van der Waals surface area contributed by atoms with E-state index in [-0.39, 0.29) is 10.6 Å². The molecule has 0 saturated carbocycles. The Morgan fingerprint density at radius 2 is 1.84 bits per heavy atom. The van der Waals surface area contributed by atoms with Crippen molar-refractivity contribution in [2.75, 3.05) is 5.32 Å². The van der Waals surface area contributed by atoms with Crippen LogP contribution < -0.4 is 11.1 Å². The number of nitrogens with one attached hydrogen (secondary N) is 1. The summed E-state index contributed by atoms with van der Waals surface area (Å²) in [7, 11) is 0. The van der Waals surface area contributed by atoms with E-state index in [1.807, 2.05) is 25.1 Å². The van der Waals surface area contributed by atoms with Crippen molar-refractivity contribution in [3.63, 3.8) is 0 Å². The molecular formula is C14H12BrFN2S. The molecule has 19 heavy (non-hydrogen) atoms. The summed E-state index contributed by atoms with van der Waals surface area (Å²) in [5.41, 5.74) is 8.32. The predicted octanol–water partition coefficient (Wildman–Crippen LogP) is 4.27. The Labute approximate surface area is 124 Å². The molecule has 0 aromatic heterocycles. The Morgan fingerprint density at radius 1 is 1.21 bits per heavy atom. The van der Waals surface area contributed by atoms with Crippen molar-refractivity contribution in [1.82, 2.24) is 0 Å². The van der Waals surface area contributed by atoms with E-state index in [0.717, 1.165) is 15.7 Å². The second kappa shape index (κ2) is 5.67. The average molecular weight is 339 g/mol. The first-order chi connectivity index (χ1) is 8.97. The summed E-state index contributed by atoms with van der Waals surface area (Å²) < 4.78 is 14.8. The van der Waals surface area contributed by atoms with E-state index in [1.165, 1.54) is 6.07 Å². The third-order valence-corrected chi connectivity index (χ3v) is 3.79. The van der Waals surface area contributed by atoms with Gasteiger partial charge in [-0.15, -0.1) is 0 Å². The average Bonchev–Trinajstić information content (AvgIpc) is 2.33. The van der Waals surface area contributed by atoms with Gasteiger partial charge < -0.3 is 11.1 Å². The maximum atomic E-state index is 13.7. The zero-order chi connectivity index (χ0) is 14.0. The lowest BCUT2D eigenvalue weighted by Crippen LogP contribution is -2.11. The van der Waals surface area contributed by atoms with Gasteiger partial charge in [-0.05, 0) is 48.9 Å². The molecule has 0 aliphatic carbocycles. The van der Waals surface area contributed by atoms with Crippen LogP contribution in [0.15, 0.2) is 40.9 Å². The molecule has 0 amide bonds. The standard InChI is InChI=1S/C14H12BrFN2S/c1-8-6-9(3-5-12(8)15)18-10-2-4-11(14(17)19)13(16)7-10/h2-7,18H,1H3,(H2,17,19). The smallest absolute Gasteiger partial charge is 0.135 e. The van der Waals surface area contributed by atoms with Crippen molar-refractivity contribution in [1.29, 1.82) is 0 Å². The van der Waals surface area contributed by atoms with Crippen LogP contribution in [0.4, 0.5) is 15.8 Å². The van der Waals surface area contributed by atoms with Crippen LogP contribution in [-0.2, 0) is 0 Å². The Hall–Kier alpha value is -1.46. The van der Waals surface area contributed by atoms with Crippen LogP contribution in [0.1, 0.15) is 11.1 Å². The first kappa shape index (κ1) is 14.0. The number of rotatable bonds is 3. The van der Waals surface area contributed by atoms with Gasteiger partial charge in [0, 0.05) is 21.4 Å². The van der Waals surface area contributed by atoms with Crippen molar-refractivity contribution in [3.05, 3.63) is 57.8 Å². The number of aryl methyl sites for hydroxylation is 1. The van der Waals surface area contributed by atoms with E-state index in [1.54, 1.807) is 12.1 Å². The summed E-state index contributed by atoms with van der Waals surface area (Å²) in [6.07, 6.45) is 0. The molecule has 3 N–H and O–H groups in total. The molecule has 0 bridgehead atoms. The summed E-state index contributed by atoms with van der Waals surface area (Å²) >= 11 is 8.20. The second-order valence-corrected chi connectivity index (χ2v) is 5.44. The van der Waals surface area contributed by atoms with E-state index >= 15 is 0 Å². The van der Waals surface area contributed by atoms with Crippen LogP contribution in [0.3, 0.4) is 0 Å². The van der Waals surface area contributed by atoms with E-state index < -0.39 is 5.82 Å². The predicted molar refractivity (Wildman–Crippen MR) is 84.4 cm³/mol. The van der Waals surface area contributed by atoms with Crippen LogP contribution in [0.25, 0.3) is 0 Å². The van der Waals surface area contributed by atoms with E-state index in [0.29, 0.717) is 5.69 Å². The number of thiocarbonyl (C=S) groups is 1. The molecule has 0 spiro atoms. The summed E-state index contributed by atoms with van der Waals surface area (Å²) in [4.78, 5) is 0.0588. The fraction of sp³-hybridized carbons (Fsp3) is 0.0714. The highest BCUT2D eigenvalue weighted by Gasteiger charge is 2.06. The molecule has 0 fully saturated rings. The molecule has 0 aliphatic heterocycles. The van der Waals surface area contributed by atoms with Gasteiger partial charge in [0.05, 0.1) is 0 Å². The van der Waals surface area contributed by atoms with Crippen molar-refractivity contribution in [2.24, 2.45) is 5.73 Å². The molecule has 0 heterocycles. The minimum atomic E-state index is -0.425. The normalized spacial score (nSPS) is 10.3. The number of hydrogen-bond acceptors (Lipinski definition) is 2. The van der Waals surface area contributed by atoms with E-state index in [2.05, 4.69) is 21.2 Å². The fourth-order valence-electron chi connectivity index (χ4n) is 1.68. The van der Waals surface area contributed by atoms with Crippen LogP contribution in [0.2, 0.25) is 0 Å². The highest BCUT2D eigenvalue weighted by molar-refractivity contribution is 9.10. The Morgan fingerprint density at radius 3 is 2.42 bits per heavy atom. The fourth-order valence-corrected chi connectivity index (χ4v) is 2.09. The minimum absolute atomic E-state index is 0.0588. The van der Waals surface area contributed by atoms with Gasteiger partial charge in [-0.3, -0.25) is 0 Å². The van der Waals surface area contributed by atoms with E-state index in [4.69, 9.17) is 18.0 Å². The zero-order valence-corrected chi connectivity index (χ0v) is 12.6. The molecule has 0 atom stereocenters. The molecule has 2 aromatic carbocycles. The minimum Gasteiger partial charge on any atom is -0.389 e. The van der Waals surface area contributed by atoms with Gasteiger partial charge in [-0.1, -0.05) is 28.1 Å². The van der Waals surface area contributed by atoms with Gasteiger partial charge in [-0.25, -0.2) is 4.39 Å². The number of nitrogens with two attached hydrogens (primary N) is 1. The lowest BCUT2D eigenvalue weighted by Gasteiger charge is -2.09. The Bertz CT molecular complexity index is 643. The molecule has 0 unspecified atom stereocenters. The summed E-state index contributed by atoms with van der Waals surface area (Å²) in [6.45, 7) is 1.99. The van der Waals surface area contributed by atoms with Crippen molar-refractivity contribution < 1.29 is 4.39 Å². The van der Waals surface area contributed by atoms with Crippen LogP contribution in [0, 0.1) is 12.7 Å². The number of hydrogen-bond donors (Lipinski definition) is 2. The number of halogens is 2.